The second-order valence-corrected chi connectivity index (χ2v) is 6.48. The average molecular weight is 315 g/mol. The highest BCUT2D eigenvalue weighted by Gasteiger charge is 2.55. The fraction of sp³-hybridized carbons (Fsp3) is 0.579. The third-order valence-electron chi connectivity index (χ3n) is 4.58. The number of hydrogen-bond acceptors (Lipinski definition) is 4. The van der Waals surface area contributed by atoms with E-state index in [9.17, 15) is 10.1 Å². The number of carbonyl (C=O) groups excluding carboxylic acids is 1. The van der Waals surface area contributed by atoms with Crippen molar-refractivity contribution >= 4 is 5.78 Å². The first-order chi connectivity index (χ1) is 11.0. The van der Waals surface area contributed by atoms with Gasteiger partial charge in [0.2, 0.25) is 5.79 Å². The summed E-state index contributed by atoms with van der Waals surface area (Å²) in [6.45, 7) is 6.83. The van der Waals surface area contributed by atoms with Gasteiger partial charge in [-0.3, -0.25) is 4.79 Å². The minimum Gasteiger partial charge on any atom is -0.345 e. The molecule has 124 valence electrons. The number of Topliss-reactive ketones (excluding diaryl/α,β-unsaturated/α-hetero) is 1. The molecule has 1 fully saturated rings. The zero-order chi connectivity index (χ0) is 16.9. The van der Waals surface area contributed by atoms with Crippen molar-refractivity contribution in [2.24, 2.45) is 5.41 Å². The van der Waals surface area contributed by atoms with Crippen LogP contribution in [0.5, 0.6) is 0 Å². The average Bonchev–Trinajstić information content (AvgIpc) is 2.59. The Hall–Kier alpha value is -1.70. The molecular weight excluding hydrogens is 290 g/mol. The van der Waals surface area contributed by atoms with E-state index in [4.69, 9.17) is 9.47 Å². The Morgan fingerprint density at radius 3 is 2.57 bits per heavy atom. The molecule has 23 heavy (non-hydrogen) atoms. The van der Waals surface area contributed by atoms with Gasteiger partial charge in [0, 0.05) is 12.0 Å². The van der Waals surface area contributed by atoms with E-state index < -0.39 is 11.2 Å². The number of ether oxygens (including phenoxy) is 2. The van der Waals surface area contributed by atoms with Crippen LogP contribution in [0.3, 0.4) is 0 Å². The van der Waals surface area contributed by atoms with E-state index in [2.05, 4.69) is 13.0 Å². The molecular formula is C19H25NO3. The maximum Gasteiger partial charge on any atom is 0.208 e. The summed E-state index contributed by atoms with van der Waals surface area (Å²) in [5.41, 5.74) is 0.276. The number of hydrogen-bond donors (Lipinski definition) is 0. The molecule has 0 spiro atoms. The molecule has 0 atom stereocenters. The van der Waals surface area contributed by atoms with Gasteiger partial charge in [-0.05, 0) is 32.8 Å². The zero-order valence-electron chi connectivity index (χ0n) is 14.2. The second kappa shape index (κ2) is 7.25. The molecule has 2 rings (SSSR count). The van der Waals surface area contributed by atoms with Gasteiger partial charge < -0.3 is 9.47 Å². The van der Waals surface area contributed by atoms with Gasteiger partial charge in [-0.1, -0.05) is 31.5 Å². The predicted molar refractivity (Wildman–Crippen MR) is 87.7 cm³/mol. The number of rotatable bonds is 6. The predicted octanol–water partition coefficient (Wildman–Crippen LogP) is 3.93. The Morgan fingerprint density at radius 1 is 1.30 bits per heavy atom. The lowest BCUT2D eigenvalue weighted by atomic mass is 9.72. The van der Waals surface area contributed by atoms with Crippen molar-refractivity contribution in [3.05, 3.63) is 35.4 Å². The van der Waals surface area contributed by atoms with Crippen molar-refractivity contribution < 1.29 is 14.3 Å². The number of carbonyl (C=O) groups is 1. The van der Waals surface area contributed by atoms with Crippen LogP contribution in [-0.2, 0) is 20.1 Å². The van der Waals surface area contributed by atoms with Crippen LogP contribution in [0.15, 0.2) is 24.3 Å². The normalized spacial score (nSPS) is 17.5. The fourth-order valence-corrected chi connectivity index (χ4v) is 3.09. The van der Waals surface area contributed by atoms with Crippen molar-refractivity contribution in [3.8, 4) is 6.07 Å². The third kappa shape index (κ3) is 3.17. The summed E-state index contributed by atoms with van der Waals surface area (Å²) >= 11 is 0. The van der Waals surface area contributed by atoms with Crippen LogP contribution >= 0.6 is 0 Å². The molecule has 1 aliphatic heterocycles. The van der Waals surface area contributed by atoms with E-state index in [1.54, 1.807) is 6.07 Å². The summed E-state index contributed by atoms with van der Waals surface area (Å²) in [4.78, 5) is 12.9. The molecule has 0 unspecified atom stereocenters. The first-order valence-electron chi connectivity index (χ1n) is 8.30. The summed E-state index contributed by atoms with van der Waals surface area (Å²) in [6.07, 6.45) is 3.09. The minimum atomic E-state index is -1.19. The Labute approximate surface area is 138 Å². The maximum atomic E-state index is 12.9. The van der Waals surface area contributed by atoms with E-state index in [1.807, 2.05) is 32.0 Å². The first-order valence-corrected chi connectivity index (χ1v) is 8.30. The van der Waals surface area contributed by atoms with Crippen LogP contribution in [0.4, 0.5) is 0 Å². The Morgan fingerprint density at radius 2 is 1.96 bits per heavy atom. The first kappa shape index (κ1) is 17.7. The van der Waals surface area contributed by atoms with Crippen LogP contribution in [0, 0.1) is 16.7 Å². The molecule has 4 heteroatoms. The summed E-state index contributed by atoms with van der Waals surface area (Å²) < 4.78 is 12.1. The van der Waals surface area contributed by atoms with Crippen molar-refractivity contribution in [2.75, 3.05) is 13.2 Å². The van der Waals surface area contributed by atoms with E-state index in [0.29, 0.717) is 30.8 Å². The second-order valence-electron chi connectivity index (χ2n) is 6.48. The van der Waals surface area contributed by atoms with Crippen LogP contribution in [0.2, 0.25) is 0 Å². The molecule has 0 aliphatic carbocycles. The van der Waals surface area contributed by atoms with E-state index in [0.717, 1.165) is 19.3 Å². The van der Waals surface area contributed by atoms with Crippen molar-refractivity contribution in [1.82, 2.24) is 0 Å². The van der Waals surface area contributed by atoms with Gasteiger partial charge in [0.25, 0.3) is 0 Å². The molecule has 4 nitrogen and oxygen atoms in total. The monoisotopic (exact) mass is 315 g/mol. The Balaban J connectivity index is 2.51. The van der Waals surface area contributed by atoms with Gasteiger partial charge >= 0.3 is 0 Å². The minimum absolute atomic E-state index is 0.106. The van der Waals surface area contributed by atoms with Gasteiger partial charge in [-0.2, -0.15) is 5.26 Å². The highest BCUT2D eigenvalue weighted by Crippen LogP contribution is 2.48. The molecule has 0 radical (unpaired) electrons. The van der Waals surface area contributed by atoms with E-state index in [-0.39, 0.29) is 5.78 Å². The molecule has 1 saturated heterocycles. The van der Waals surface area contributed by atoms with E-state index in [1.165, 1.54) is 0 Å². The van der Waals surface area contributed by atoms with Crippen LogP contribution in [-0.4, -0.2) is 19.0 Å². The number of ketones is 1. The molecule has 1 aromatic rings. The molecule has 1 aromatic carbocycles. The maximum absolute atomic E-state index is 12.9. The molecule has 0 N–H and O–H groups in total. The molecule has 0 bridgehead atoms. The number of nitrogens with zero attached hydrogens (tertiary/aromatic N) is 1. The largest absolute Gasteiger partial charge is 0.345 e. The molecule has 0 saturated carbocycles. The van der Waals surface area contributed by atoms with Crippen molar-refractivity contribution in [2.45, 2.75) is 52.2 Å². The highest BCUT2D eigenvalue weighted by molar-refractivity contribution is 5.85. The van der Waals surface area contributed by atoms with Gasteiger partial charge in [-0.15, -0.1) is 0 Å². The number of unbranched alkanes of at least 4 members (excludes halogenated alkanes) is 1. The van der Waals surface area contributed by atoms with Crippen molar-refractivity contribution in [1.29, 1.82) is 5.26 Å². The standard InChI is InChI=1S/C19H25NO3/c1-4-5-11-17(21)18(2,3)19(22-12-8-13-23-19)16-10-7-6-9-15(16)14-20/h6-7,9-10H,4-5,8,11-13H2,1-3H3. The van der Waals surface area contributed by atoms with Crippen LogP contribution in [0.25, 0.3) is 0 Å². The summed E-state index contributed by atoms with van der Waals surface area (Å²) in [6, 6.07) is 9.44. The Kier molecular flexibility index (Phi) is 5.56. The fourth-order valence-electron chi connectivity index (χ4n) is 3.09. The highest BCUT2D eigenvalue weighted by atomic mass is 16.7. The van der Waals surface area contributed by atoms with Crippen LogP contribution < -0.4 is 0 Å². The summed E-state index contributed by atoms with van der Waals surface area (Å²) in [7, 11) is 0. The van der Waals surface area contributed by atoms with Gasteiger partial charge in [0.05, 0.1) is 30.3 Å². The lowest BCUT2D eigenvalue weighted by Gasteiger charge is -2.47. The van der Waals surface area contributed by atoms with Gasteiger partial charge in [0.1, 0.15) is 5.78 Å². The van der Waals surface area contributed by atoms with E-state index >= 15 is 0 Å². The smallest absolute Gasteiger partial charge is 0.208 e. The molecule has 1 heterocycles. The third-order valence-corrected chi connectivity index (χ3v) is 4.58. The SMILES string of the molecule is CCCCC(=O)C(C)(C)C1(c2ccccc2C#N)OCCCO1. The molecule has 0 amide bonds. The molecule has 0 aromatic heterocycles. The zero-order valence-corrected chi connectivity index (χ0v) is 14.2. The van der Waals surface area contributed by atoms with Crippen LogP contribution in [0.1, 0.15) is 57.6 Å². The topological polar surface area (TPSA) is 59.3 Å². The summed E-state index contributed by atoms with van der Waals surface area (Å²) in [5, 5.41) is 9.46. The number of nitriles is 1. The lowest BCUT2D eigenvalue weighted by molar-refractivity contribution is -0.320. The lowest BCUT2D eigenvalue weighted by Crippen LogP contribution is -2.53. The summed E-state index contributed by atoms with van der Waals surface area (Å²) in [5.74, 6) is -1.09. The van der Waals surface area contributed by atoms with Gasteiger partial charge in [-0.25, -0.2) is 0 Å². The van der Waals surface area contributed by atoms with Crippen molar-refractivity contribution in [3.63, 3.8) is 0 Å². The molecule has 1 aliphatic rings. The Bertz CT molecular complexity index is 595. The van der Waals surface area contributed by atoms with Gasteiger partial charge in [0.15, 0.2) is 0 Å². The number of benzene rings is 1. The quantitative estimate of drug-likeness (QED) is 0.798.